The summed E-state index contributed by atoms with van der Waals surface area (Å²) in [5.41, 5.74) is 4.95. The van der Waals surface area contributed by atoms with Crippen LogP contribution in [0.25, 0.3) is 0 Å². The Hall–Kier alpha value is -2.02. The third-order valence-corrected chi connectivity index (χ3v) is 2.29. The number of halogens is 1. The molecule has 2 N–H and O–H groups in total. The summed E-state index contributed by atoms with van der Waals surface area (Å²) in [6.45, 7) is -0.137. The molecule has 92 valence electrons. The number of rotatable bonds is 4. The lowest BCUT2D eigenvalue weighted by molar-refractivity contribution is -0.385. The smallest absolute Gasteiger partial charge is 0.314 e. The van der Waals surface area contributed by atoms with Gasteiger partial charge in [-0.25, -0.2) is 4.39 Å². The predicted molar refractivity (Wildman–Crippen MR) is 56.9 cm³/mol. The molecule has 0 amide bonds. The van der Waals surface area contributed by atoms with Crippen LogP contribution in [0.3, 0.4) is 0 Å². The van der Waals surface area contributed by atoms with Crippen LogP contribution < -0.4 is 5.73 Å². The molecule has 7 heteroatoms. The largest absolute Gasteiger partial charge is 0.469 e. The second-order valence-electron chi connectivity index (χ2n) is 3.27. The van der Waals surface area contributed by atoms with E-state index in [4.69, 9.17) is 5.73 Å². The van der Waals surface area contributed by atoms with Gasteiger partial charge in [-0.15, -0.1) is 0 Å². The highest BCUT2D eigenvalue weighted by Gasteiger charge is 2.24. The standard InChI is InChI=1S/C10H11FN2O4/c1-17-10(14)8(5-12)7-3-2-6(13(15)16)4-9(7)11/h2-4,8H,5,12H2,1H3. The molecule has 1 atom stereocenters. The summed E-state index contributed by atoms with van der Waals surface area (Å²) in [5.74, 6) is -2.49. The van der Waals surface area contributed by atoms with E-state index in [0.717, 1.165) is 19.2 Å². The van der Waals surface area contributed by atoms with E-state index in [-0.39, 0.29) is 17.8 Å². The number of esters is 1. The minimum absolute atomic E-state index is 0.00931. The van der Waals surface area contributed by atoms with Crippen molar-refractivity contribution in [3.05, 3.63) is 39.7 Å². The number of carbonyl (C=O) groups excluding carboxylic acids is 1. The molecule has 1 aromatic carbocycles. The molecule has 0 radical (unpaired) electrons. The second kappa shape index (κ2) is 5.35. The molecule has 0 spiro atoms. The Morgan fingerprint density at radius 3 is 2.71 bits per heavy atom. The molecule has 0 saturated carbocycles. The van der Waals surface area contributed by atoms with Gasteiger partial charge in [0.25, 0.3) is 5.69 Å². The van der Waals surface area contributed by atoms with Crippen molar-refractivity contribution in [1.29, 1.82) is 0 Å². The van der Waals surface area contributed by atoms with Crippen molar-refractivity contribution in [1.82, 2.24) is 0 Å². The number of methoxy groups -OCH3 is 1. The van der Waals surface area contributed by atoms with Crippen LogP contribution in [0.15, 0.2) is 18.2 Å². The molecule has 17 heavy (non-hydrogen) atoms. The molecule has 1 rings (SSSR count). The molecular formula is C10H11FN2O4. The first kappa shape index (κ1) is 13.0. The van der Waals surface area contributed by atoms with Crippen molar-refractivity contribution in [2.24, 2.45) is 5.73 Å². The van der Waals surface area contributed by atoms with E-state index in [1.165, 1.54) is 6.07 Å². The van der Waals surface area contributed by atoms with Crippen LogP contribution in [0.4, 0.5) is 10.1 Å². The van der Waals surface area contributed by atoms with Gasteiger partial charge in [-0.2, -0.15) is 0 Å². The maximum Gasteiger partial charge on any atom is 0.314 e. The molecule has 6 nitrogen and oxygen atoms in total. The quantitative estimate of drug-likeness (QED) is 0.481. The number of benzene rings is 1. The third kappa shape index (κ3) is 2.76. The van der Waals surface area contributed by atoms with Crippen LogP contribution in [0.5, 0.6) is 0 Å². The Balaban J connectivity index is 3.13. The summed E-state index contributed by atoms with van der Waals surface area (Å²) in [5, 5.41) is 10.4. The first-order valence-electron chi connectivity index (χ1n) is 4.73. The van der Waals surface area contributed by atoms with Crippen LogP contribution >= 0.6 is 0 Å². The number of hydrogen-bond donors (Lipinski definition) is 1. The van der Waals surface area contributed by atoms with Gasteiger partial charge in [-0.3, -0.25) is 14.9 Å². The molecule has 1 unspecified atom stereocenters. The highest BCUT2D eigenvalue weighted by Crippen LogP contribution is 2.23. The van der Waals surface area contributed by atoms with Crippen molar-refractivity contribution < 1.29 is 18.8 Å². The van der Waals surface area contributed by atoms with Crippen LogP contribution in [0.2, 0.25) is 0 Å². The summed E-state index contributed by atoms with van der Waals surface area (Å²) >= 11 is 0. The number of non-ortho nitro benzene ring substituents is 1. The number of hydrogen-bond acceptors (Lipinski definition) is 5. The fraction of sp³-hybridized carbons (Fsp3) is 0.300. The van der Waals surface area contributed by atoms with E-state index < -0.39 is 22.6 Å². The van der Waals surface area contributed by atoms with Crippen molar-refractivity contribution >= 4 is 11.7 Å². The normalized spacial score (nSPS) is 11.9. The fourth-order valence-corrected chi connectivity index (χ4v) is 1.40. The maximum atomic E-state index is 13.6. The number of nitro groups is 1. The Morgan fingerprint density at radius 2 is 2.29 bits per heavy atom. The van der Waals surface area contributed by atoms with Gasteiger partial charge < -0.3 is 10.5 Å². The summed E-state index contributed by atoms with van der Waals surface area (Å²) in [4.78, 5) is 21.0. The Morgan fingerprint density at radius 1 is 1.65 bits per heavy atom. The zero-order valence-corrected chi connectivity index (χ0v) is 9.05. The predicted octanol–water partition coefficient (Wildman–Crippen LogP) is 0.949. The third-order valence-electron chi connectivity index (χ3n) is 2.29. The number of nitrogens with zero attached hydrogens (tertiary/aromatic N) is 1. The zero-order chi connectivity index (χ0) is 13.0. The minimum atomic E-state index is -0.958. The van der Waals surface area contributed by atoms with E-state index in [0.29, 0.717) is 0 Å². The monoisotopic (exact) mass is 242 g/mol. The number of nitro benzene ring substituents is 1. The number of carbonyl (C=O) groups is 1. The lowest BCUT2D eigenvalue weighted by Crippen LogP contribution is -2.23. The van der Waals surface area contributed by atoms with Crippen LogP contribution in [0, 0.1) is 15.9 Å². The molecule has 0 aliphatic rings. The molecule has 1 aromatic rings. The van der Waals surface area contributed by atoms with E-state index in [2.05, 4.69) is 4.74 Å². The van der Waals surface area contributed by atoms with Crippen LogP contribution in [-0.2, 0) is 9.53 Å². The summed E-state index contributed by atoms with van der Waals surface area (Å²) in [6.07, 6.45) is 0. The topological polar surface area (TPSA) is 95.5 Å². The number of ether oxygens (including phenoxy) is 1. The molecular weight excluding hydrogens is 231 g/mol. The van der Waals surface area contributed by atoms with Crippen molar-refractivity contribution in [2.75, 3.05) is 13.7 Å². The molecule has 0 fully saturated rings. The average molecular weight is 242 g/mol. The van der Waals surface area contributed by atoms with Gasteiger partial charge in [0, 0.05) is 18.2 Å². The van der Waals surface area contributed by atoms with Gasteiger partial charge in [0.2, 0.25) is 0 Å². The zero-order valence-electron chi connectivity index (χ0n) is 9.05. The van der Waals surface area contributed by atoms with E-state index in [1.54, 1.807) is 0 Å². The van der Waals surface area contributed by atoms with Crippen molar-refractivity contribution in [3.8, 4) is 0 Å². The summed E-state index contributed by atoms with van der Waals surface area (Å²) in [7, 11) is 1.16. The SMILES string of the molecule is COC(=O)C(CN)c1ccc([N+](=O)[O-])cc1F. The minimum Gasteiger partial charge on any atom is -0.469 e. The molecule has 0 aromatic heterocycles. The van der Waals surface area contributed by atoms with Crippen molar-refractivity contribution in [3.63, 3.8) is 0 Å². The van der Waals surface area contributed by atoms with E-state index in [9.17, 15) is 19.3 Å². The van der Waals surface area contributed by atoms with Crippen LogP contribution in [-0.4, -0.2) is 24.5 Å². The van der Waals surface area contributed by atoms with E-state index >= 15 is 0 Å². The highest BCUT2D eigenvalue weighted by atomic mass is 19.1. The highest BCUT2D eigenvalue weighted by molar-refractivity contribution is 5.78. The van der Waals surface area contributed by atoms with Gasteiger partial charge in [0.1, 0.15) is 5.82 Å². The first-order valence-corrected chi connectivity index (χ1v) is 4.73. The Labute approximate surface area is 96.3 Å². The van der Waals surface area contributed by atoms with Gasteiger partial charge in [0.05, 0.1) is 24.0 Å². The molecule has 0 aliphatic heterocycles. The van der Waals surface area contributed by atoms with Crippen LogP contribution in [0.1, 0.15) is 11.5 Å². The first-order chi connectivity index (χ1) is 8.01. The Bertz CT molecular complexity index is 450. The lowest BCUT2D eigenvalue weighted by atomic mass is 9.98. The van der Waals surface area contributed by atoms with Gasteiger partial charge in [-0.1, -0.05) is 0 Å². The Kier molecular flexibility index (Phi) is 4.11. The molecule has 0 saturated heterocycles. The fourth-order valence-electron chi connectivity index (χ4n) is 1.40. The van der Waals surface area contributed by atoms with Gasteiger partial charge >= 0.3 is 5.97 Å². The number of nitrogens with two attached hydrogens (primary N) is 1. The average Bonchev–Trinajstić information content (AvgIpc) is 2.31. The van der Waals surface area contributed by atoms with Gasteiger partial charge in [0.15, 0.2) is 0 Å². The van der Waals surface area contributed by atoms with Crippen molar-refractivity contribution in [2.45, 2.75) is 5.92 Å². The molecule has 0 heterocycles. The summed E-state index contributed by atoms with van der Waals surface area (Å²) in [6, 6.07) is 3.03. The molecule has 0 aliphatic carbocycles. The maximum absolute atomic E-state index is 13.6. The summed E-state index contributed by atoms with van der Waals surface area (Å²) < 4.78 is 18.0. The van der Waals surface area contributed by atoms with Gasteiger partial charge in [-0.05, 0) is 6.07 Å². The lowest BCUT2D eigenvalue weighted by Gasteiger charge is -2.13. The van der Waals surface area contributed by atoms with E-state index in [1.807, 2.05) is 0 Å². The second-order valence-corrected chi connectivity index (χ2v) is 3.27. The molecule has 0 bridgehead atoms.